The Morgan fingerprint density at radius 3 is 2.05 bits per heavy atom. The first kappa shape index (κ1) is 28.7. The molecule has 204 valence electrons. The number of rotatable bonds is 11. The van der Waals surface area contributed by atoms with Crippen molar-refractivity contribution in [1.29, 1.82) is 0 Å². The van der Waals surface area contributed by atoms with Crippen LogP contribution in [0.3, 0.4) is 0 Å². The summed E-state index contributed by atoms with van der Waals surface area (Å²) in [5.41, 5.74) is 10.9. The van der Waals surface area contributed by atoms with Crippen LogP contribution in [0, 0.1) is 11.6 Å². The summed E-state index contributed by atoms with van der Waals surface area (Å²) in [5, 5.41) is 23.7. The molecule has 1 aromatic heterocycles. The second-order valence-electron chi connectivity index (χ2n) is 7.97. The average Bonchev–Trinajstić information content (AvgIpc) is 3.44. The van der Waals surface area contributed by atoms with Crippen LogP contribution >= 0.6 is 11.8 Å². The summed E-state index contributed by atoms with van der Waals surface area (Å²) in [4.78, 5) is 39.4. The summed E-state index contributed by atoms with van der Waals surface area (Å²) >= 11 is 1.10. The topological polar surface area (TPSA) is 186 Å². The normalized spacial score (nSPS) is 11.8. The van der Waals surface area contributed by atoms with Crippen LogP contribution in [0.25, 0.3) is 5.82 Å². The lowest BCUT2D eigenvalue weighted by atomic mass is 10.1. The molecular formula is C25H24F2N6O5S. The molecule has 39 heavy (non-hydrogen) atoms. The monoisotopic (exact) mass is 558 g/mol. The van der Waals surface area contributed by atoms with E-state index in [1.807, 2.05) is 0 Å². The van der Waals surface area contributed by atoms with Crippen molar-refractivity contribution >= 4 is 46.8 Å². The van der Waals surface area contributed by atoms with Crippen molar-refractivity contribution in [2.75, 3.05) is 17.7 Å². The van der Waals surface area contributed by atoms with E-state index >= 15 is 0 Å². The summed E-state index contributed by atoms with van der Waals surface area (Å²) in [7, 11) is 1.50. The van der Waals surface area contributed by atoms with Gasteiger partial charge in [-0.25, -0.2) is 23.4 Å². The molecular weight excluding hydrogens is 534 g/mol. The van der Waals surface area contributed by atoms with E-state index in [9.17, 15) is 33.4 Å². The molecule has 0 unspecified atom stereocenters. The van der Waals surface area contributed by atoms with E-state index in [1.165, 1.54) is 42.4 Å². The molecule has 0 bridgehead atoms. The van der Waals surface area contributed by atoms with Crippen LogP contribution < -0.4 is 22.1 Å². The largest absolute Gasteiger partial charge is 0.478 e. The third kappa shape index (κ3) is 7.13. The number of thioether (sulfide) groups is 1. The van der Waals surface area contributed by atoms with Gasteiger partial charge >= 0.3 is 11.9 Å². The fourth-order valence-electron chi connectivity index (χ4n) is 3.34. The molecule has 3 aromatic rings. The summed E-state index contributed by atoms with van der Waals surface area (Å²) < 4.78 is 30.6. The Morgan fingerprint density at radius 1 is 0.974 bits per heavy atom. The summed E-state index contributed by atoms with van der Waals surface area (Å²) in [6.45, 7) is 0. The number of amides is 1. The third-order valence-electron chi connectivity index (χ3n) is 5.36. The highest BCUT2D eigenvalue weighted by Crippen LogP contribution is 2.29. The number of benzene rings is 2. The lowest BCUT2D eigenvalue weighted by Crippen LogP contribution is -2.22. The van der Waals surface area contributed by atoms with E-state index in [0.29, 0.717) is 0 Å². The van der Waals surface area contributed by atoms with Gasteiger partial charge < -0.3 is 32.3 Å². The van der Waals surface area contributed by atoms with Crippen LogP contribution in [-0.2, 0) is 16.3 Å². The molecule has 11 nitrogen and oxygen atoms in total. The van der Waals surface area contributed by atoms with Gasteiger partial charge in [0.05, 0.1) is 22.5 Å². The van der Waals surface area contributed by atoms with Gasteiger partial charge in [-0.15, -0.1) is 0 Å². The molecule has 1 amide bonds. The summed E-state index contributed by atoms with van der Waals surface area (Å²) in [6.07, 6.45) is 7.08. The van der Waals surface area contributed by atoms with Crippen LogP contribution in [0.1, 0.15) is 31.8 Å². The molecule has 0 saturated heterocycles. The number of aromatic carboxylic acids is 2. The first-order valence-corrected chi connectivity index (χ1v) is 12.3. The average molecular weight is 559 g/mol. The smallest absolute Gasteiger partial charge is 0.337 e. The fraction of sp³-hybridized carbons (Fsp3) is 0.120. The molecule has 14 heteroatoms. The number of carboxylic acids is 2. The number of nitrogens with two attached hydrogens (primary N) is 2. The Balaban J connectivity index is 1.77. The van der Waals surface area contributed by atoms with Gasteiger partial charge in [0.15, 0.2) is 0 Å². The second kappa shape index (κ2) is 12.6. The molecule has 8 N–H and O–H groups in total. The maximum absolute atomic E-state index is 14.7. The van der Waals surface area contributed by atoms with Crippen molar-refractivity contribution in [3.8, 4) is 0 Å². The van der Waals surface area contributed by atoms with E-state index in [2.05, 4.69) is 15.6 Å². The van der Waals surface area contributed by atoms with Gasteiger partial charge in [-0.2, -0.15) is 11.8 Å². The molecule has 0 aliphatic carbocycles. The molecule has 0 aliphatic rings. The SMILES string of the molecule is CNc1cc(CSCc2cc(NC(=O)/C(N)=C/C=C(\N)n3ccnc3)c(C(=O)O)cc2F)c(F)cc1C(=O)O. The number of allylic oxidation sites excluding steroid dienone is 2. The standard InChI is InChI=1S/C25H24F2N6O5S/c1-30-20-6-13(17(26)8-15(20)24(35)36)10-39-11-14-7-21(16(25(37)38)9-18(14)27)32-23(34)19(28)2-3-22(29)33-5-4-31-12-33/h2-9,12,30H,10-11,28-29H2,1H3,(H,32,34)(H,35,36)(H,37,38)/b19-2-,22-3+. The van der Waals surface area contributed by atoms with E-state index in [1.54, 1.807) is 6.20 Å². The number of carbonyl (C=O) groups excluding carboxylic acids is 1. The Kier molecular flexibility index (Phi) is 9.28. The quantitative estimate of drug-likeness (QED) is 0.151. The number of nitrogens with one attached hydrogen (secondary N) is 2. The molecule has 3 rings (SSSR count). The molecule has 0 fully saturated rings. The highest BCUT2D eigenvalue weighted by atomic mass is 32.2. The van der Waals surface area contributed by atoms with Crippen molar-refractivity contribution in [3.05, 3.63) is 94.7 Å². The first-order chi connectivity index (χ1) is 18.5. The molecule has 0 saturated carbocycles. The molecule has 2 aromatic carbocycles. The number of anilines is 2. The third-order valence-corrected chi connectivity index (χ3v) is 6.40. The number of nitrogens with zero attached hydrogens (tertiary/aromatic N) is 2. The minimum atomic E-state index is -1.48. The number of carbonyl (C=O) groups is 3. The minimum Gasteiger partial charge on any atom is -0.478 e. The lowest BCUT2D eigenvalue weighted by Gasteiger charge is -2.13. The van der Waals surface area contributed by atoms with Crippen LogP contribution in [0.15, 0.2) is 60.8 Å². The Bertz CT molecular complexity index is 1470. The predicted molar refractivity (Wildman–Crippen MR) is 143 cm³/mol. The second-order valence-corrected chi connectivity index (χ2v) is 8.95. The minimum absolute atomic E-state index is 0.0148. The van der Waals surface area contributed by atoms with Crippen molar-refractivity contribution in [3.63, 3.8) is 0 Å². The van der Waals surface area contributed by atoms with Crippen molar-refractivity contribution in [1.82, 2.24) is 9.55 Å². The molecule has 0 aliphatic heterocycles. The van der Waals surface area contributed by atoms with Gasteiger partial charge in [-0.05, 0) is 47.5 Å². The number of aromatic nitrogens is 2. The zero-order chi connectivity index (χ0) is 28.7. The van der Waals surface area contributed by atoms with Gasteiger partial charge in [0.1, 0.15) is 23.8 Å². The predicted octanol–water partition coefficient (Wildman–Crippen LogP) is 3.27. The highest BCUT2D eigenvalue weighted by molar-refractivity contribution is 7.97. The van der Waals surface area contributed by atoms with Gasteiger partial charge in [-0.3, -0.25) is 9.36 Å². The Hall–Kier alpha value is -4.85. The van der Waals surface area contributed by atoms with Crippen molar-refractivity contribution < 1.29 is 33.4 Å². The summed E-state index contributed by atoms with van der Waals surface area (Å²) in [6, 6.07) is 4.18. The van der Waals surface area contributed by atoms with E-state index in [4.69, 9.17) is 11.5 Å². The molecule has 0 atom stereocenters. The highest BCUT2D eigenvalue weighted by Gasteiger charge is 2.19. The van der Waals surface area contributed by atoms with E-state index < -0.39 is 35.0 Å². The maximum Gasteiger partial charge on any atom is 0.337 e. The zero-order valence-electron chi connectivity index (χ0n) is 20.4. The van der Waals surface area contributed by atoms with E-state index in [0.717, 1.165) is 30.0 Å². The van der Waals surface area contributed by atoms with Crippen molar-refractivity contribution in [2.24, 2.45) is 11.5 Å². The lowest BCUT2D eigenvalue weighted by molar-refractivity contribution is -0.112. The van der Waals surface area contributed by atoms with Crippen molar-refractivity contribution in [2.45, 2.75) is 11.5 Å². The Morgan fingerprint density at radius 2 is 1.54 bits per heavy atom. The number of imidazole rings is 1. The Labute approximate surface area is 225 Å². The molecule has 0 radical (unpaired) electrons. The molecule has 1 heterocycles. The molecule has 0 spiro atoms. The van der Waals surface area contributed by atoms with Crippen LogP contribution in [0.4, 0.5) is 20.2 Å². The van der Waals surface area contributed by atoms with E-state index in [-0.39, 0.29) is 51.1 Å². The number of hydrogen-bond donors (Lipinski definition) is 6. The summed E-state index contributed by atoms with van der Waals surface area (Å²) in [5.74, 6) is -4.93. The fourth-order valence-corrected chi connectivity index (χ4v) is 4.32. The van der Waals surface area contributed by atoms with Gasteiger partial charge in [0.25, 0.3) is 5.91 Å². The van der Waals surface area contributed by atoms with Gasteiger partial charge in [-0.1, -0.05) is 0 Å². The van der Waals surface area contributed by atoms with Gasteiger partial charge in [0, 0.05) is 36.6 Å². The number of halogens is 2. The first-order valence-electron chi connectivity index (χ1n) is 11.1. The van der Waals surface area contributed by atoms with Crippen LogP contribution in [0.2, 0.25) is 0 Å². The number of hydrogen-bond acceptors (Lipinski definition) is 8. The maximum atomic E-state index is 14.7. The van der Waals surface area contributed by atoms with Crippen LogP contribution in [0.5, 0.6) is 0 Å². The number of carboxylic acid groups (broad SMARTS) is 2. The van der Waals surface area contributed by atoms with Gasteiger partial charge in [0.2, 0.25) is 0 Å². The zero-order valence-corrected chi connectivity index (χ0v) is 21.3. The van der Waals surface area contributed by atoms with Crippen LogP contribution in [-0.4, -0.2) is 44.7 Å².